The van der Waals surface area contributed by atoms with Gasteiger partial charge in [0.25, 0.3) is 5.91 Å². The van der Waals surface area contributed by atoms with Crippen molar-refractivity contribution < 1.29 is 4.79 Å². The molecule has 1 unspecified atom stereocenters. The minimum absolute atomic E-state index is 0.103. The molecule has 0 radical (unpaired) electrons. The number of hydrogen-bond acceptors (Lipinski definition) is 4. The first kappa shape index (κ1) is 18.9. The maximum Gasteiger partial charge on any atom is 0.252 e. The number of fused-ring (bicyclic) bond motifs is 5. The molecule has 6 nitrogen and oxygen atoms in total. The second-order valence-corrected chi connectivity index (χ2v) is 8.53. The largest absolute Gasteiger partial charge is 0.341 e. The van der Waals surface area contributed by atoms with E-state index in [-0.39, 0.29) is 11.9 Å². The lowest BCUT2D eigenvalue weighted by Gasteiger charge is -2.17. The van der Waals surface area contributed by atoms with Crippen molar-refractivity contribution >= 4 is 17.6 Å². The van der Waals surface area contributed by atoms with E-state index < -0.39 is 0 Å². The molecule has 1 amide bonds. The summed E-state index contributed by atoms with van der Waals surface area (Å²) in [5.74, 6) is 0.566. The highest BCUT2D eigenvalue weighted by atomic mass is 16.1. The third-order valence-electron chi connectivity index (χ3n) is 6.62. The summed E-state index contributed by atoms with van der Waals surface area (Å²) in [6.07, 6.45) is 8.41. The number of pyridine rings is 2. The summed E-state index contributed by atoms with van der Waals surface area (Å²) in [6, 6.07) is 21.7. The van der Waals surface area contributed by atoms with Crippen LogP contribution in [0.15, 0.2) is 85.2 Å². The fourth-order valence-electron chi connectivity index (χ4n) is 5.10. The Morgan fingerprint density at radius 1 is 0.941 bits per heavy atom. The zero-order valence-corrected chi connectivity index (χ0v) is 18.1. The van der Waals surface area contributed by atoms with Crippen LogP contribution in [-0.4, -0.2) is 25.5 Å². The lowest BCUT2D eigenvalue weighted by Crippen LogP contribution is -2.28. The van der Waals surface area contributed by atoms with Gasteiger partial charge in [0, 0.05) is 35.5 Å². The molecule has 0 fully saturated rings. The van der Waals surface area contributed by atoms with Crippen LogP contribution in [-0.2, 0) is 6.42 Å². The van der Waals surface area contributed by atoms with Gasteiger partial charge in [0.05, 0.1) is 11.7 Å². The topological polar surface area (TPSA) is 72.2 Å². The summed E-state index contributed by atoms with van der Waals surface area (Å²) >= 11 is 0. The minimum Gasteiger partial charge on any atom is -0.341 e. The van der Waals surface area contributed by atoms with E-state index in [9.17, 15) is 4.79 Å². The summed E-state index contributed by atoms with van der Waals surface area (Å²) < 4.78 is 1.78. The normalized spacial score (nSPS) is 15.2. The highest BCUT2D eigenvalue weighted by Crippen LogP contribution is 2.47. The van der Waals surface area contributed by atoms with Gasteiger partial charge in [-0.15, -0.1) is 5.10 Å². The standard InChI is InChI=1S/C28H19N5O/c34-28(20-14-15-29-23-12-6-9-17(20)23)31-26-19-8-2-1-7-18(19)25-21(26)10-5-11-22(25)27-30-24-13-3-4-16-33(24)32-27/h1-11,13-16,26H,12H2,(H,31,34). The summed E-state index contributed by atoms with van der Waals surface area (Å²) in [5.41, 5.74) is 8.55. The number of rotatable bonds is 3. The summed E-state index contributed by atoms with van der Waals surface area (Å²) in [6.45, 7) is 0. The van der Waals surface area contributed by atoms with Crippen molar-refractivity contribution in [3.8, 4) is 22.5 Å². The molecule has 2 aromatic carbocycles. The van der Waals surface area contributed by atoms with Gasteiger partial charge in [-0.1, -0.05) is 60.7 Å². The number of amides is 1. The minimum atomic E-state index is -0.259. The lowest BCUT2D eigenvalue weighted by molar-refractivity contribution is 0.0943. The van der Waals surface area contributed by atoms with Crippen LogP contribution in [0.5, 0.6) is 0 Å². The van der Waals surface area contributed by atoms with Crippen molar-refractivity contribution in [2.45, 2.75) is 12.5 Å². The van der Waals surface area contributed by atoms with Gasteiger partial charge in [-0.25, -0.2) is 9.50 Å². The maximum absolute atomic E-state index is 13.5. The van der Waals surface area contributed by atoms with E-state index in [2.05, 4.69) is 34.6 Å². The highest BCUT2D eigenvalue weighted by molar-refractivity contribution is 6.00. The molecule has 162 valence electrons. The average Bonchev–Trinajstić information content (AvgIpc) is 3.60. The number of nitrogens with one attached hydrogen (secondary N) is 1. The van der Waals surface area contributed by atoms with Crippen molar-refractivity contribution in [1.82, 2.24) is 24.9 Å². The molecule has 5 aromatic rings. The quantitative estimate of drug-likeness (QED) is 0.434. The van der Waals surface area contributed by atoms with Crippen LogP contribution in [0.3, 0.4) is 0 Å². The van der Waals surface area contributed by atoms with E-state index in [1.807, 2.05) is 54.7 Å². The van der Waals surface area contributed by atoms with Crippen LogP contribution in [0.1, 0.15) is 38.8 Å². The number of carbonyl (C=O) groups excluding carboxylic acids is 1. The molecule has 2 aliphatic carbocycles. The van der Waals surface area contributed by atoms with E-state index in [1.165, 1.54) is 0 Å². The highest BCUT2D eigenvalue weighted by Gasteiger charge is 2.33. The van der Waals surface area contributed by atoms with Gasteiger partial charge < -0.3 is 5.32 Å². The van der Waals surface area contributed by atoms with Crippen LogP contribution in [0.4, 0.5) is 0 Å². The number of allylic oxidation sites excluding steroid dienone is 1. The molecule has 0 saturated carbocycles. The molecule has 0 bridgehead atoms. The van der Waals surface area contributed by atoms with Crippen molar-refractivity contribution in [3.63, 3.8) is 0 Å². The van der Waals surface area contributed by atoms with Crippen LogP contribution >= 0.6 is 0 Å². The number of nitrogens with zero attached hydrogens (tertiary/aromatic N) is 4. The first-order valence-corrected chi connectivity index (χ1v) is 11.3. The predicted molar refractivity (Wildman–Crippen MR) is 130 cm³/mol. The number of aromatic nitrogens is 4. The Bertz CT molecular complexity index is 1620. The van der Waals surface area contributed by atoms with E-state index in [1.54, 1.807) is 16.8 Å². The zero-order valence-electron chi connectivity index (χ0n) is 18.1. The third kappa shape index (κ3) is 2.75. The van der Waals surface area contributed by atoms with Gasteiger partial charge in [0.15, 0.2) is 11.5 Å². The monoisotopic (exact) mass is 441 g/mol. The molecular weight excluding hydrogens is 422 g/mol. The van der Waals surface area contributed by atoms with Crippen LogP contribution in [0, 0.1) is 0 Å². The molecule has 0 saturated heterocycles. The van der Waals surface area contributed by atoms with Crippen molar-refractivity contribution in [2.75, 3.05) is 0 Å². The van der Waals surface area contributed by atoms with Gasteiger partial charge >= 0.3 is 0 Å². The van der Waals surface area contributed by atoms with Crippen LogP contribution in [0.25, 0.3) is 34.2 Å². The number of carbonyl (C=O) groups is 1. The Morgan fingerprint density at radius 3 is 2.74 bits per heavy atom. The predicted octanol–water partition coefficient (Wildman–Crippen LogP) is 4.86. The van der Waals surface area contributed by atoms with Crippen LogP contribution in [0.2, 0.25) is 0 Å². The smallest absolute Gasteiger partial charge is 0.252 e. The van der Waals surface area contributed by atoms with Gasteiger partial charge in [-0.05, 0) is 40.5 Å². The van der Waals surface area contributed by atoms with Gasteiger partial charge in [-0.3, -0.25) is 9.78 Å². The molecule has 7 rings (SSSR count). The molecule has 0 aliphatic heterocycles. The Kier molecular flexibility index (Phi) is 4.02. The summed E-state index contributed by atoms with van der Waals surface area (Å²) in [5, 5.41) is 8.01. The second kappa shape index (κ2) is 7.22. The fraction of sp³-hybridized carbons (Fsp3) is 0.0714. The molecule has 6 heteroatoms. The van der Waals surface area contributed by atoms with Gasteiger partial charge in [-0.2, -0.15) is 0 Å². The molecule has 3 aromatic heterocycles. The average molecular weight is 441 g/mol. The molecule has 3 heterocycles. The molecule has 0 spiro atoms. The lowest BCUT2D eigenvalue weighted by atomic mass is 9.98. The molecule has 2 aliphatic rings. The number of benzene rings is 2. The Labute approximate surface area is 195 Å². The molecule has 1 N–H and O–H groups in total. The maximum atomic E-state index is 13.5. The van der Waals surface area contributed by atoms with Gasteiger partial charge in [0.1, 0.15) is 0 Å². The molecule has 34 heavy (non-hydrogen) atoms. The second-order valence-electron chi connectivity index (χ2n) is 8.53. The first-order valence-electron chi connectivity index (χ1n) is 11.3. The Morgan fingerprint density at radius 2 is 1.79 bits per heavy atom. The van der Waals surface area contributed by atoms with E-state index >= 15 is 0 Å². The van der Waals surface area contributed by atoms with E-state index in [0.717, 1.165) is 51.1 Å². The van der Waals surface area contributed by atoms with Crippen LogP contribution < -0.4 is 5.32 Å². The third-order valence-corrected chi connectivity index (χ3v) is 6.62. The van der Waals surface area contributed by atoms with Crippen molar-refractivity contribution in [1.29, 1.82) is 0 Å². The zero-order chi connectivity index (χ0) is 22.6. The molecule has 1 atom stereocenters. The SMILES string of the molecule is O=C(NC1c2ccccc2-c2c(-c3nc4ccccn4n3)cccc21)c1ccnc2c1C=CC2. The summed E-state index contributed by atoms with van der Waals surface area (Å²) in [7, 11) is 0. The summed E-state index contributed by atoms with van der Waals surface area (Å²) in [4.78, 5) is 22.6. The van der Waals surface area contributed by atoms with Crippen molar-refractivity contribution in [3.05, 3.63) is 113 Å². The van der Waals surface area contributed by atoms with Crippen molar-refractivity contribution in [2.24, 2.45) is 0 Å². The van der Waals surface area contributed by atoms with E-state index in [0.29, 0.717) is 11.4 Å². The van der Waals surface area contributed by atoms with Gasteiger partial charge in [0.2, 0.25) is 0 Å². The van der Waals surface area contributed by atoms with E-state index in [4.69, 9.17) is 10.1 Å². The number of hydrogen-bond donors (Lipinski definition) is 1. The fourth-order valence-corrected chi connectivity index (χ4v) is 5.10. The Balaban J connectivity index is 1.35. The Hall–Kier alpha value is -4.58. The first-order chi connectivity index (χ1) is 16.8. The molecular formula is C28H19N5O.